The van der Waals surface area contributed by atoms with E-state index < -0.39 is 141 Å². The van der Waals surface area contributed by atoms with Crippen LogP contribution in [0.3, 0.4) is 0 Å². The first kappa shape index (κ1) is 46.1. The van der Waals surface area contributed by atoms with Gasteiger partial charge in [0.25, 0.3) is 0 Å². The van der Waals surface area contributed by atoms with Gasteiger partial charge in [-0.2, -0.15) is 0 Å². The molecule has 6 unspecified atom stereocenters. The van der Waals surface area contributed by atoms with Gasteiger partial charge >= 0.3 is 17.9 Å². The lowest BCUT2D eigenvalue weighted by molar-refractivity contribution is -0.344. The van der Waals surface area contributed by atoms with E-state index in [1.165, 1.54) is 6.08 Å². The summed E-state index contributed by atoms with van der Waals surface area (Å²) in [7, 11) is 0. The molecule has 0 spiro atoms. The van der Waals surface area contributed by atoms with E-state index in [1.807, 2.05) is 0 Å². The van der Waals surface area contributed by atoms with Gasteiger partial charge in [-0.3, -0.25) is 9.59 Å². The van der Waals surface area contributed by atoms with Crippen LogP contribution < -0.4 is 0 Å². The molecule has 3 saturated heterocycles. The first-order chi connectivity index (χ1) is 28.1. The van der Waals surface area contributed by atoms with Gasteiger partial charge in [0.15, 0.2) is 12.6 Å². The van der Waals surface area contributed by atoms with Crippen molar-refractivity contribution in [2.24, 2.45) is 17.8 Å². The normalized spacial score (nSPS) is 45.6. The Labute approximate surface area is 340 Å². The highest BCUT2D eigenvalue weighted by molar-refractivity contribution is 5.90. The summed E-state index contributed by atoms with van der Waals surface area (Å²) in [4.78, 5) is 35.3. The summed E-state index contributed by atoms with van der Waals surface area (Å²) in [5.41, 5.74) is 0. The highest BCUT2D eigenvalue weighted by Gasteiger charge is 2.54. The number of ether oxygens (including phenoxy) is 7. The molecule has 10 N–H and O–H groups in total. The zero-order valence-electron chi connectivity index (χ0n) is 32.7. The summed E-state index contributed by atoms with van der Waals surface area (Å²) in [6, 6.07) is 0. The molecular formula is C39H60O20. The van der Waals surface area contributed by atoms with Crippen LogP contribution >= 0.6 is 0 Å². The van der Waals surface area contributed by atoms with Crippen LogP contribution in [-0.2, 0) is 47.5 Å². The maximum atomic E-state index is 12.6. The number of fused-ring (bicyclic) bond motifs is 1. The fourth-order valence-corrected chi connectivity index (χ4v) is 9.26. The zero-order valence-corrected chi connectivity index (χ0v) is 32.7. The summed E-state index contributed by atoms with van der Waals surface area (Å²) >= 11 is 0. The Balaban J connectivity index is 1.15. The number of aliphatic hydroxyl groups is 9. The number of carboxylic acid groups (broad SMARTS) is 1. The summed E-state index contributed by atoms with van der Waals surface area (Å²) in [6.07, 6.45) is -14.0. The molecule has 3 saturated carbocycles. The van der Waals surface area contributed by atoms with Crippen LogP contribution in [0.4, 0.5) is 0 Å². The van der Waals surface area contributed by atoms with Gasteiger partial charge in [0.2, 0.25) is 0 Å². The van der Waals surface area contributed by atoms with E-state index in [0.29, 0.717) is 38.5 Å². The Morgan fingerprint density at radius 1 is 0.576 bits per heavy atom. The maximum Gasteiger partial charge on any atom is 0.330 e. The van der Waals surface area contributed by atoms with Crippen LogP contribution in [0, 0.1) is 17.8 Å². The predicted molar refractivity (Wildman–Crippen MR) is 194 cm³/mol. The molecule has 0 amide bonds. The lowest BCUT2D eigenvalue weighted by Crippen LogP contribution is -2.63. The van der Waals surface area contributed by atoms with Gasteiger partial charge in [0, 0.05) is 18.4 Å². The third kappa shape index (κ3) is 11.7. The molecule has 6 aliphatic rings. The highest BCUT2D eigenvalue weighted by Crippen LogP contribution is 2.45. The molecule has 3 aliphatic carbocycles. The van der Waals surface area contributed by atoms with Crippen molar-refractivity contribution in [1.29, 1.82) is 0 Å². The molecular weight excluding hydrogens is 788 g/mol. The first-order valence-corrected chi connectivity index (χ1v) is 20.7. The molecule has 0 aromatic heterocycles. The first-order valence-electron chi connectivity index (χ1n) is 20.7. The van der Waals surface area contributed by atoms with Crippen LogP contribution in [-0.4, -0.2) is 186 Å². The minimum absolute atomic E-state index is 0.0130. The van der Waals surface area contributed by atoms with Crippen molar-refractivity contribution in [2.75, 3.05) is 13.2 Å². The SMILES string of the molecule is O=C(O)CC(=O)OC[C@@H]1O[C@H](OC2CC(O)CC3OC(C4CCC(O)CC4)C(O[C@H]4O[C@@H](COC(=O)C=CC5CCC(O)CC5)[C@H](O)[C@H](O)[C@@H]4O)CC32)[C@@H](O)[C@@H](O)[C@H]1O. The Morgan fingerprint density at radius 2 is 1.12 bits per heavy atom. The van der Waals surface area contributed by atoms with Gasteiger partial charge in [0.05, 0.1) is 42.7 Å². The molecule has 6 fully saturated rings. The van der Waals surface area contributed by atoms with E-state index in [0.717, 1.165) is 12.8 Å². The monoisotopic (exact) mass is 848 g/mol. The Morgan fingerprint density at radius 3 is 1.69 bits per heavy atom. The van der Waals surface area contributed by atoms with Crippen molar-refractivity contribution < 1.29 is 98.6 Å². The number of aliphatic carboxylic acids is 1. The largest absolute Gasteiger partial charge is 0.481 e. The number of esters is 2. The molecule has 3 heterocycles. The minimum Gasteiger partial charge on any atom is -0.481 e. The van der Waals surface area contributed by atoms with Crippen molar-refractivity contribution in [3.8, 4) is 0 Å². The Hall–Kier alpha value is -2.41. The summed E-state index contributed by atoms with van der Waals surface area (Å²) < 4.78 is 41.2. The van der Waals surface area contributed by atoms with E-state index in [1.54, 1.807) is 6.08 Å². The molecule has 0 aromatic carbocycles. The average molecular weight is 849 g/mol. The molecule has 16 atom stereocenters. The van der Waals surface area contributed by atoms with Crippen LogP contribution in [0.2, 0.25) is 0 Å². The number of rotatable bonds is 13. The predicted octanol–water partition coefficient (Wildman–Crippen LogP) is -2.48. The smallest absolute Gasteiger partial charge is 0.330 e. The van der Waals surface area contributed by atoms with Crippen LogP contribution in [0.15, 0.2) is 12.2 Å². The number of hydrogen-bond donors (Lipinski definition) is 10. The van der Waals surface area contributed by atoms with E-state index in [2.05, 4.69) is 0 Å². The number of aliphatic hydroxyl groups excluding tert-OH is 9. The molecule has 3 aliphatic heterocycles. The topological polar surface area (TPSA) is 318 Å². The molecule has 0 bridgehead atoms. The van der Waals surface area contributed by atoms with Crippen molar-refractivity contribution in [3.05, 3.63) is 12.2 Å². The van der Waals surface area contributed by atoms with Gasteiger partial charge in [-0.15, -0.1) is 0 Å². The number of allylic oxidation sites excluding steroid dienone is 1. The minimum atomic E-state index is -1.83. The van der Waals surface area contributed by atoms with Crippen molar-refractivity contribution in [3.63, 3.8) is 0 Å². The van der Waals surface area contributed by atoms with Gasteiger partial charge in [-0.25, -0.2) is 4.79 Å². The van der Waals surface area contributed by atoms with Gasteiger partial charge < -0.3 is 84.2 Å². The molecule has 0 aromatic rings. The fourth-order valence-electron chi connectivity index (χ4n) is 9.26. The number of carboxylic acids is 1. The maximum absolute atomic E-state index is 12.6. The Bertz CT molecular complexity index is 1420. The second-order valence-electron chi connectivity index (χ2n) is 16.9. The van der Waals surface area contributed by atoms with Gasteiger partial charge in [0.1, 0.15) is 68.5 Å². The van der Waals surface area contributed by atoms with Crippen LogP contribution in [0.1, 0.15) is 77.0 Å². The summed E-state index contributed by atoms with van der Waals surface area (Å²) in [5.74, 6) is -3.88. The summed E-state index contributed by atoms with van der Waals surface area (Å²) in [6.45, 7) is -1.15. The van der Waals surface area contributed by atoms with Crippen LogP contribution in [0.25, 0.3) is 0 Å². The molecule has 0 radical (unpaired) electrons. The highest BCUT2D eigenvalue weighted by atomic mass is 16.7. The lowest BCUT2D eigenvalue weighted by atomic mass is 9.73. The van der Waals surface area contributed by atoms with E-state index >= 15 is 0 Å². The standard InChI is InChI=1S/C39H60O20/c40-19-6-1-17(2-7-19)3-10-29(45)53-15-26-31(47)34(50)36(52)39(59-26)57-25-13-22-23(55-37(25)18-4-8-20(41)9-5-18)11-21(42)12-24(22)56-38-35(51)33(49)32(48)27(58-38)16-54-30(46)14-28(43)44/h3,10,17-27,31-42,47-52H,1-2,4-9,11-16H2,(H,43,44)/t17?,18?,19?,20?,21?,22?,23?,24?,25?,26-,27-,31-,32-,33-,34-,35-,36-,37?,38-,39-/m0/s1. The molecule has 20 heteroatoms. The molecule has 6 rings (SSSR count). The summed E-state index contributed by atoms with van der Waals surface area (Å²) in [5, 5.41) is 105. The number of hydrogen-bond acceptors (Lipinski definition) is 19. The number of carbonyl (C=O) groups is 3. The van der Waals surface area contributed by atoms with Gasteiger partial charge in [-0.05, 0) is 76.0 Å². The zero-order chi connectivity index (χ0) is 42.5. The number of carbonyl (C=O) groups excluding carboxylic acids is 2. The average Bonchev–Trinajstić information content (AvgIpc) is 3.20. The Kier molecular flexibility index (Phi) is 16.1. The van der Waals surface area contributed by atoms with E-state index in [-0.39, 0.29) is 37.2 Å². The van der Waals surface area contributed by atoms with E-state index in [9.17, 15) is 60.3 Å². The molecule has 59 heavy (non-hydrogen) atoms. The second-order valence-corrected chi connectivity index (χ2v) is 16.9. The van der Waals surface area contributed by atoms with Crippen molar-refractivity contribution in [1.82, 2.24) is 0 Å². The van der Waals surface area contributed by atoms with E-state index in [4.69, 9.17) is 38.3 Å². The second kappa shape index (κ2) is 20.6. The third-order valence-corrected chi connectivity index (χ3v) is 12.7. The van der Waals surface area contributed by atoms with Crippen LogP contribution in [0.5, 0.6) is 0 Å². The van der Waals surface area contributed by atoms with Crippen molar-refractivity contribution in [2.45, 2.75) is 181 Å². The lowest BCUT2D eigenvalue weighted by Gasteiger charge is -2.52. The van der Waals surface area contributed by atoms with Crippen molar-refractivity contribution >= 4 is 17.9 Å². The third-order valence-electron chi connectivity index (χ3n) is 12.7. The fraction of sp³-hybridized carbons (Fsp3) is 0.872. The quantitative estimate of drug-likeness (QED) is 0.0521. The molecule has 20 nitrogen and oxygen atoms in total. The molecule has 336 valence electrons. The van der Waals surface area contributed by atoms with Gasteiger partial charge in [-0.1, -0.05) is 6.08 Å².